The van der Waals surface area contributed by atoms with Crippen molar-refractivity contribution in [1.82, 2.24) is 25.0 Å². The summed E-state index contributed by atoms with van der Waals surface area (Å²) < 4.78 is 0. The molecule has 2 amide bonds. The summed E-state index contributed by atoms with van der Waals surface area (Å²) in [6, 6.07) is 18.5. The van der Waals surface area contributed by atoms with Crippen LogP contribution in [0.2, 0.25) is 0 Å². The molecular formula is C24H27N5O2. The van der Waals surface area contributed by atoms with Crippen LogP contribution in [0.15, 0.2) is 60.9 Å². The summed E-state index contributed by atoms with van der Waals surface area (Å²) in [5, 5.41) is 6.43. The van der Waals surface area contributed by atoms with E-state index >= 15 is 0 Å². The van der Waals surface area contributed by atoms with Crippen LogP contribution in [0.3, 0.4) is 0 Å². The topological polar surface area (TPSA) is 82.2 Å². The Morgan fingerprint density at radius 1 is 1.10 bits per heavy atom. The number of H-pyrrole nitrogens is 1. The van der Waals surface area contributed by atoms with Gasteiger partial charge in [-0.25, -0.2) is 4.98 Å². The van der Waals surface area contributed by atoms with Gasteiger partial charge in [-0.15, -0.1) is 0 Å². The third kappa shape index (κ3) is 4.82. The summed E-state index contributed by atoms with van der Waals surface area (Å²) in [5.74, 6) is -0.195. The van der Waals surface area contributed by atoms with E-state index in [1.807, 2.05) is 29.2 Å². The van der Waals surface area contributed by atoms with Crippen molar-refractivity contribution in [3.63, 3.8) is 0 Å². The molecular weight excluding hydrogens is 390 g/mol. The third-order valence-corrected chi connectivity index (χ3v) is 5.66. The molecule has 2 aromatic carbocycles. The Hall–Kier alpha value is -3.48. The number of amides is 2. The summed E-state index contributed by atoms with van der Waals surface area (Å²) >= 11 is 0. The van der Waals surface area contributed by atoms with E-state index in [1.54, 1.807) is 4.90 Å². The fourth-order valence-electron chi connectivity index (χ4n) is 4.12. The molecule has 7 nitrogen and oxygen atoms in total. The zero-order valence-electron chi connectivity index (χ0n) is 17.7. The average Bonchev–Trinajstić information content (AvgIpc) is 3.30. The number of nitrogens with zero attached hydrogens (tertiary/aromatic N) is 4. The highest BCUT2D eigenvalue weighted by atomic mass is 16.2. The molecule has 1 atom stereocenters. The number of aromatic nitrogens is 3. The van der Waals surface area contributed by atoms with Gasteiger partial charge in [-0.2, -0.15) is 5.10 Å². The maximum Gasteiger partial charge on any atom is 0.291 e. The van der Waals surface area contributed by atoms with Gasteiger partial charge in [-0.3, -0.25) is 14.7 Å². The van der Waals surface area contributed by atoms with Crippen LogP contribution < -0.4 is 0 Å². The van der Waals surface area contributed by atoms with Crippen LogP contribution in [0.25, 0.3) is 11.1 Å². The zero-order chi connectivity index (χ0) is 21.6. The Bertz CT molecular complexity index is 1020. The van der Waals surface area contributed by atoms with Crippen LogP contribution in [0.4, 0.5) is 0 Å². The lowest BCUT2D eigenvalue weighted by Gasteiger charge is -2.23. The maximum absolute atomic E-state index is 13.3. The minimum atomic E-state index is -0.299. The second-order valence-electron chi connectivity index (χ2n) is 7.88. The molecule has 0 radical (unpaired) electrons. The standard InChI is InChI=1S/C24H27N5O2/c1-2-11-28-12-13-29(24(31)22-25-17-26-27-22)16-21(23(28)30)15-18-7-6-10-20(14-18)19-8-4-3-5-9-19/h3-10,14,17,21H,2,11-13,15-16H2,1H3,(H,25,26,27). The normalized spacial score (nSPS) is 16.9. The molecule has 0 spiro atoms. The Morgan fingerprint density at radius 3 is 2.65 bits per heavy atom. The summed E-state index contributed by atoms with van der Waals surface area (Å²) in [6.45, 7) is 4.16. The number of benzene rings is 2. The van der Waals surface area contributed by atoms with Gasteiger partial charge in [0.1, 0.15) is 6.33 Å². The number of aromatic amines is 1. The number of hydrogen-bond acceptors (Lipinski definition) is 4. The molecule has 1 unspecified atom stereocenters. The van der Waals surface area contributed by atoms with Crippen molar-refractivity contribution in [1.29, 1.82) is 0 Å². The highest BCUT2D eigenvalue weighted by Crippen LogP contribution is 2.23. The van der Waals surface area contributed by atoms with Crippen LogP contribution in [0, 0.1) is 5.92 Å². The molecule has 7 heteroatoms. The largest absolute Gasteiger partial charge is 0.341 e. The third-order valence-electron chi connectivity index (χ3n) is 5.66. The van der Waals surface area contributed by atoms with Gasteiger partial charge < -0.3 is 9.80 Å². The fourth-order valence-corrected chi connectivity index (χ4v) is 4.12. The van der Waals surface area contributed by atoms with Gasteiger partial charge in [-0.1, -0.05) is 61.5 Å². The molecule has 31 heavy (non-hydrogen) atoms. The summed E-state index contributed by atoms with van der Waals surface area (Å²) in [7, 11) is 0. The number of nitrogens with one attached hydrogen (secondary N) is 1. The average molecular weight is 418 g/mol. The fraction of sp³-hybridized carbons (Fsp3) is 0.333. The smallest absolute Gasteiger partial charge is 0.291 e. The Balaban J connectivity index is 1.58. The Kier molecular flexibility index (Phi) is 6.40. The van der Waals surface area contributed by atoms with Gasteiger partial charge in [0.25, 0.3) is 5.91 Å². The Labute approximate surface area is 182 Å². The van der Waals surface area contributed by atoms with Gasteiger partial charge in [0, 0.05) is 26.2 Å². The van der Waals surface area contributed by atoms with E-state index in [2.05, 4.69) is 52.4 Å². The molecule has 3 aromatic rings. The van der Waals surface area contributed by atoms with Gasteiger partial charge in [-0.05, 0) is 29.5 Å². The predicted molar refractivity (Wildman–Crippen MR) is 118 cm³/mol. The monoisotopic (exact) mass is 417 g/mol. The van der Waals surface area contributed by atoms with Crippen LogP contribution in [-0.4, -0.2) is 63.0 Å². The van der Waals surface area contributed by atoms with Gasteiger partial charge in [0.05, 0.1) is 5.92 Å². The molecule has 2 heterocycles. The minimum absolute atomic E-state index is 0.111. The number of carbonyl (C=O) groups excluding carboxylic acids is 2. The Morgan fingerprint density at radius 2 is 1.90 bits per heavy atom. The lowest BCUT2D eigenvalue weighted by atomic mass is 9.94. The van der Waals surface area contributed by atoms with Crippen molar-refractivity contribution in [2.24, 2.45) is 5.92 Å². The SMILES string of the molecule is CCCN1CCN(C(=O)c2ncn[nH]2)CC(Cc2cccc(-c3ccccc3)c2)C1=O. The van der Waals surface area contributed by atoms with E-state index in [0.717, 1.165) is 23.1 Å². The van der Waals surface area contributed by atoms with E-state index < -0.39 is 0 Å². The van der Waals surface area contributed by atoms with Gasteiger partial charge >= 0.3 is 0 Å². The summed E-state index contributed by atoms with van der Waals surface area (Å²) in [6.07, 6.45) is 2.80. The quantitative estimate of drug-likeness (QED) is 0.668. The van der Waals surface area contributed by atoms with E-state index in [-0.39, 0.29) is 23.6 Å². The van der Waals surface area contributed by atoms with Crippen molar-refractivity contribution < 1.29 is 9.59 Å². The first-order chi connectivity index (χ1) is 15.2. The van der Waals surface area contributed by atoms with Crippen LogP contribution >= 0.6 is 0 Å². The van der Waals surface area contributed by atoms with E-state index in [0.29, 0.717) is 32.6 Å². The molecule has 1 aromatic heterocycles. The van der Waals surface area contributed by atoms with Crippen molar-refractivity contribution in [2.45, 2.75) is 19.8 Å². The first-order valence-electron chi connectivity index (χ1n) is 10.7. The first-order valence-corrected chi connectivity index (χ1v) is 10.7. The zero-order valence-corrected chi connectivity index (χ0v) is 17.7. The van der Waals surface area contributed by atoms with Gasteiger partial charge in [0.15, 0.2) is 0 Å². The van der Waals surface area contributed by atoms with Crippen molar-refractivity contribution in [3.8, 4) is 11.1 Å². The number of carbonyl (C=O) groups is 2. The highest BCUT2D eigenvalue weighted by Gasteiger charge is 2.33. The van der Waals surface area contributed by atoms with Crippen LogP contribution in [0.1, 0.15) is 29.5 Å². The predicted octanol–water partition coefficient (Wildman–Crippen LogP) is 3.03. The lowest BCUT2D eigenvalue weighted by molar-refractivity contribution is -0.134. The highest BCUT2D eigenvalue weighted by molar-refractivity contribution is 5.91. The molecule has 160 valence electrons. The van der Waals surface area contributed by atoms with Crippen molar-refractivity contribution >= 4 is 11.8 Å². The molecule has 1 fully saturated rings. The van der Waals surface area contributed by atoms with E-state index in [4.69, 9.17) is 0 Å². The summed E-state index contributed by atoms with van der Waals surface area (Å²) in [4.78, 5) is 33.8. The van der Waals surface area contributed by atoms with Crippen molar-refractivity contribution in [3.05, 3.63) is 72.3 Å². The van der Waals surface area contributed by atoms with Crippen LogP contribution in [0.5, 0.6) is 0 Å². The van der Waals surface area contributed by atoms with E-state index in [1.165, 1.54) is 6.33 Å². The first kappa shape index (κ1) is 20.8. The molecule has 1 saturated heterocycles. The molecule has 1 N–H and O–H groups in total. The van der Waals surface area contributed by atoms with Crippen LogP contribution in [-0.2, 0) is 11.2 Å². The van der Waals surface area contributed by atoms with E-state index in [9.17, 15) is 9.59 Å². The molecule has 1 aliphatic heterocycles. The molecule has 0 saturated carbocycles. The second kappa shape index (κ2) is 9.55. The van der Waals surface area contributed by atoms with Gasteiger partial charge in [0.2, 0.25) is 11.7 Å². The lowest BCUT2D eigenvalue weighted by Crippen LogP contribution is -2.38. The number of rotatable bonds is 6. The summed E-state index contributed by atoms with van der Waals surface area (Å²) in [5.41, 5.74) is 3.36. The molecule has 0 aliphatic carbocycles. The number of hydrogen-bond donors (Lipinski definition) is 1. The molecule has 1 aliphatic rings. The molecule has 4 rings (SSSR count). The van der Waals surface area contributed by atoms with Crippen molar-refractivity contribution in [2.75, 3.05) is 26.2 Å². The maximum atomic E-state index is 13.3. The molecule has 0 bridgehead atoms. The minimum Gasteiger partial charge on any atom is -0.341 e. The second-order valence-corrected chi connectivity index (χ2v) is 7.88.